The molecule has 0 spiro atoms. The zero-order valence-corrected chi connectivity index (χ0v) is 19.7. The lowest BCUT2D eigenvalue weighted by Gasteiger charge is -2.13. The maximum Gasteiger partial charge on any atom is 0.339 e. The molecule has 1 aromatic heterocycles. The van der Waals surface area contributed by atoms with Crippen molar-refractivity contribution in [2.75, 3.05) is 7.11 Å². The summed E-state index contributed by atoms with van der Waals surface area (Å²) in [5.41, 5.74) is 2.56. The first-order valence-corrected chi connectivity index (χ1v) is 11.4. The molecule has 170 valence electrons. The van der Waals surface area contributed by atoms with E-state index in [1.807, 2.05) is 12.1 Å². The maximum atomic E-state index is 12.8. The van der Waals surface area contributed by atoms with Gasteiger partial charge < -0.3 is 8.92 Å². The topological polar surface area (TPSA) is 111 Å². The van der Waals surface area contributed by atoms with Gasteiger partial charge in [0.25, 0.3) is 5.56 Å². The monoisotopic (exact) mass is 465 g/mol. The SMILES string of the molecule is COc1cc(/C=N/n2c(C)cc(C)c(C#N)c2=O)ccc1OS(=O)(=O)c1cc(C)ccc1C. The number of ether oxygens (including phenoxy) is 1. The molecule has 2 aromatic carbocycles. The molecular weight excluding hydrogens is 442 g/mol. The summed E-state index contributed by atoms with van der Waals surface area (Å²) in [7, 11) is -2.69. The molecule has 0 bridgehead atoms. The van der Waals surface area contributed by atoms with Crippen molar-refractivity contribution in [2.24, 2.45) is 5.10 Å². The van der Waals surface area contributed by atoms with E-state index in [4.69, 9.17) is 8.92 Å². The van der Waals surface area contributed by atoms with Gasteiger partial charge in [-0.1, -0.05) is 12.1 Å². The van der Waals surface area contributed by atoms with Crippen LogP contribution >= 0.6 is 0 Å². The van der Waals surface area contributed by atoms with Gasteiger partial charge in [0.05, 0.1) is 13.3 Å². The number of methoxy groups -OCH3 is 1. The molecule has 9 heteroatoms. The summed E-state index contributed by atoms with van der Waals surface area (Å²) in [5, 5.41) is 13.4. The third-order valence-electron chi connectivity index (χ3n) is 4.99. The van der Waals surface area contributed by atoms with Crippen molar-refractivity contribution in [1.29, 1.82) is 5.26 Å². The highest BCUT2D eigenvalue weighted by Gasteiger charge is 2.21. The van der Waals surface area contributed by atoms with Crippen LogP contribution in [0.3, 0.4) is 0 Å². The average Bonchev–Trinajstić information content (AvgIpc) is 2.75. The number of hydrogen-bond donors (Lipinski definition) is 0. The van der Waals surface area contributed by atoms with E-state index in [1.54, 1.807) is 52.0 Å². The van der Waals surface area contributed by atoms with E-state index < -0.39 is 15.7 Å². The Labute approximate surface area is 192 Å². The molecule has 3 rings (SSSR count). The summed E-state index contributed by atoms with van der Waals surface area (Å²) < 4.78 is 37.5. The van der Waals surface area contributed by atoms with E-state index in [0.717, 1.165) is 10.2 Å². The number of rotatable bonds is 6. The zero-order chi connectivity index (χ0) is 24.3. The van der Waals surface area contributed by atoms with Crippen molar-refractivity contribution in [2.45, 2.75) is 32.6 Å². The van der Waals surface area contributed by atoms with E-state index in [0.29, 0.717) is 22.4 Å². The number of aromatic nitrogens is 1. The first-order valence-electron chi connectivity index (χ1n) is 9.95. The molecule has 1 heterocycles. The van der Waals surface area contributed by atoms with Gasteiger partial charge in [-0.25, -0.2) is 4.68 Å². The normalized spacial score (nSPS) is 11.4. The van der Waals surface area contributed by atoms with E-state index in [2.05, 4.69) is 5.10 Å². The number of hydrogen-bond acceptors (Lipinski definition) is 7. The first kappa shape index (κ1) is 23.8. The highest BCUT2D eigenvalue weighted by atomic mass is 32.2. The Morgan fingerprint density at radius 3 is 2.39 bits per heavy atom. The molecule has 0 radical (unpaired) electrons. The minimum atomic E-state index is -4.08. The lowest BCUT2D eigenvalue weighted by atomic mass is 10.1. The van der Waals surface area contributed by atoms with Crippen LogP contribution in [0.2, 0.25) is 0 Å². The standard InChI is InChI=1S/C24H23N3O5S/c1-15-6-7-16(2)23(10-15)33(29,30)32-21-9-8-19(12-22(21)31-5)14-26-27-18(4)11-17(3)20(13-25)24(27)28/h6-12,14H,1-5H3/b26-14+. The molecule has 0 aliphatic carbocycles. The van der Waals surface area contributed by atoms with Gasteiger partial charge in [-0.05, 0) is 80.3 Å². The van der Waals surface area contributed by atoms with Crippen LogP contribution in [0, 0.1) is 39.0 Å². The quantitative estimate of drug-likeness (QED) is 0.406. The van der Waals surface area contributed by atoms with Gasteiger partial charge in [0.15, 0.2) is 11.5 Å². The number of aryl methyl sites for hydroxylation is 4. The summed E-state index contributed by atoms with van der Waals surface area (Å²) in [6, 6.07) is 13.3. The number of nitrogens with zero attached hydrogens (tertiary/aromatic N) is 3. The van der Waals surface area contributed by atoms with Crippen molar-refractivity contribution in [3.05, 3.63) is 86.3 Å². The third-order valence-corrected chi connectivity index (χ3v) is 6.37. The van der Waals surface area contributed by atoms with Crippen LogP contribution in [0.1, 0.15) is 33.5 Å². The second kappa shape index (κ2) is 9.30. The Hall–Kier alpha value is -3.90. The van der Waals surface area contributed by atoms with Gasteiger partial charge in [-0.3, -0.25) is 4.79 Å². The fourth-order valence-corrected chi connectivity index (χ4v) is 4.51. The molecule has 0 saturated heterocycles. The highest BCUT2D eigenvalue weighted by Crippen LogP contribution is 2.31. The molecule has 0 amide bonds. The smallest absolute Gasteiger partial charge is 0.339 e. The second-order valence-corrected chi connectivity index (χ2v) is 9.05. The molecule has 8 nitrogen and oxygen atoms in total. The molecule has 0 atom stereocenters. The maximum absolute atomic E-state index is 12.8. The van der Waals surface area contributed by atoms with Crippen molar-refractivity contribution in [3.63, 3.8) is 0 Å². The van der Waals surface area contributed by atoms with Crippen molar-refractivity contribution >= 4 is 16.3 Å². The van der Waals surface area contributed by atoms with Crippen LogP contribution in [-0.4, -0.2) is 26.4 Å². The molecule has 0 aliphatic heterocycles. The zero-order valence-electron chi connectivity index (χ0n) is 18.9. The molecule has 33 heavy (non-hydrogen) atoms. The Balaban J connectivity index is 1.95. The second-order valence-electron chi connectivity index (χ2n) is 7.53. The summed E-state index contributed by atoms with van der Waals surface area (Å²) >= 11 is 0. The van der Waals surface area contributed by atoms with Crippen molar-refractivity contribution < 1.29 is 17.3 Å². The highest BCUT2D eigenvalue weighted by molar-refractivity contribution is 7.87. The summed E-state index contributed by atoms with van der Waals surface area (Å²) in [4.78, 5) is 12.6. The minimum absolute atomic E-state index is 0.0195. The van der Waals surface area contributed by atoms with Crippen LogP contribution in [0.15, 0.2) is 57.3 Å². The van der Waals surface area contributed by atoms with Crippen LogP contribution in [0.4, 0.5) is 0 Å². The Bertz CT molecular complexity index is 1460. The van der Waals surface area contributed by atoms with Crippen LogP contribution in [0.25, 0.3) is 0 Å². The predicted octanol–water partition coefficient (Wildman–Crippen LogP) is 3.61. The predicted molar refractivity (Wildman–Crippen MR) is 125 cm³/mol. The Kier molecular flexibility index (Phi) is 6.70. The number of pyridine rings is 1. The average molecular weight is 466 g/mol. The van der Waals surface area contributed by atoms with E-state index in [9.17, 15) is 18.5 Å². The van der Waals surface area contributed by atoms with Crippen LogP contribution in [0.5, 0.6) is 11.5 Å². The van der Waals surface area contributed by atoms with Gasteiger partial charge in [0.1, 0.15) is 16.5 Å². The van der Waals surface area contributed by atoms with Gasteiger partial charge >= 0.3 is 10.1 Å². The van der Waals surface area contributed by atoms with Crippen molar-refractivity contribution in [1.82, 2.24) is 4.68 Å². The molecule has 0 fully saturated rings. The van der Waals surface area contributed by atoms with Crippen LogP contribution in [-0.2, 0) is 10.1 Å². The van der Waals surface area contributed by atoms with E-state index >= 15 is 0 Å². The Morgan fingerprint density at radius 2 is 1.73 bits per heavy atom. The third kappa shape index (κ3) is 4.96. The molecule has 0 saturated carbocycles. The van der Waals surface area contributed by atoms with Gasteiger partial charge in [0.2, 0.25) is 0 Å². The molecule has 3 aromatic rings. The molecule has 0 unspecified atom stereocenters. The van der Waals surface area contributed by atoms with Gasteiger partial charge in [-0.15, -0.1) is 0 Å². The fourth-order valence-electron chi connectivity index (χ4n) is 3.26. The van der Waals surface area contributed by atoms with E-state index in [-0.39, 0.29) is 22.0 Å². The van der Waals surface area contributed by atoms with Gasteiger partial charge in [-0.2, -0.15) is 18.8 Å². The van der Waals surface area contributed by atoms with Crippen molar-refractivity contribution in [3.8, 4) is 17.6 Å². The fraction of sp³-hybridized carbons (Fsp3) is 0.208. The molecular formula is C24H23N3O5S. The first-order chi connectivity index (χ1) is 15.6. The number of benzene rings is 2. The minimum Gasteiger partial charge on any atom is -0.493 e. The summed E-state index contributed by atoms with van der Waals surface area (Å²) in [6.45, 7) is 6.90. The molecule has 0 aliphatic rings. The summed E-state index contributed by atoms with van der Waals surface area (Å²) in [6.07, 6.45) is 1.41. The largest absolute Gasteiger partial charge is 0.493 e. The van der Waals surface area contributed by atoms with Gasteiger partial charge in [0, 0.05) is 5.69 Å². The lowest BCUT2D eigenvalue weighted by Crippen LogP contribution is -2.22. The van der Waals surface area contributed by atoms with E-state index in [1.165, 1.54) is 25.5 Å². The molecule has 0 N–H and O–H groups in total. The van der Waals surface area contributed by atoms with Crippen LogP contribution < -0.4 is 14.5 Å². The lowest BCUT2D eigenvalue weighted by molar-refractivity contribution is 0.390. The Morgan fingerprint density at radius 1 is 1.00 bits per heavy atom. The summed E-state index contributed by atoms with van der Waals surface area (Å²) in [5.74, 6) is 0.199. The number of nitriles is 1.